The van der Waals surface area contributed by atoms with E-state index in [0.717, 1.165) is 43.9 Å². The Bertz CT molecular complexity index is 750. The summed E-state index contributed by atoms with van der Waals surface area (Å²) in [4.78, 5) is 9.58. The molecule has 1 fully saturated rings. The molecule has 0 radical (unpaired) electrons. The number of hydrogen-bond acceptors (Lipinski definition) is 3. The molecule has 24 heavy (non-hydrogen) atoms. The predicted octanol–water partition coefficient (Wildman–Crippen LogP) is 4.28. The average molecular weight is 325 g/mol. The number of halogens is 1. The fourth-order valence-electron chi connectivity index (χ4n) is 3.78. The van der Waals surface area contributed by atoms with E-state index in [2.05, 4.69) is 34.1 Å². The molecule has 2 aromatic rings. The lowest BCUT2D eigenvalue weighted by atomic mass is 10.1. The minimum absolute atomic E-state index is 0.00507. The van der Waals surface area contributed by atoms with Crippen molar-refractivity contribution < 1.29 is 4.39 Å². The van der Waals surface area contributed by atoms with E-state index in [4.69, 9.17) is 4.98 Å². The van der Waals surface area contributed by atoms with Gasteiger partial charge in [-0.2, -0.15) is 0 Å². The normalized spacial score (nSPS) is 19.5. The molecule has 0 spiro atoms. The zero-order chi connectivity index (χ0) is 16.4. The van der Waals surface area contributed by atoms with Gasteiger partial charge in [-0.15, -0.1) is 0 Å². The maximum absolute atomic E-state index is 13.6. The van der Waals surface area contributed by atoms with E-state index in [0.29, 0.717) is 6.54 Å². The molecule has 0 aliphatic carbocycles. The van der Waals surface area contributed by atoms with Gasteiger partial charge in [-0.3, -0.25) is 4.90 Å². The lowest BCUT2D eigenvalue weighted by molar-refractivity contribution is 0.259. The fourth-order valence-corrected chi connectivity index (χ4v) is 3.78. The van der Waals surface area contributed by atoms with E-state index in [1.807, 2.05) is 6.07 Å². The average Bonchev–Trinajstić information content (AvgIpc) is 2.62. The Morgan fingerprint density at radius 3 is 2.71 bits per heavy atom. The van der Waals surface area contributed by atoms with Crippen molar-refractivity contribution in [3.63, 3.8) is 0 Å². The molecule has 0 unspecified atom stereocenters. The van der Waals surface area contributed by atoms with Gasteiger partial charge < -0.3 is 4.90 Å². The van der Waals surface area contributed by atoms with Gasteiger partial charge in [0.15, 0.2) is 0 Å². The lowest BCUT2D eigenvalue weighted by Crippen LogP contribution is -2.33. The van der Waals surface area contributed by atoms with Gasteiger partial charge in [-0.1, -0.05) is 24.3 Å². The summed E-state index contributed by atoms with van der Waals surface area (Å²) in [6, 6.07) is 10.5. The Labute approximate surface area is 142 Å². The van der Waals surface area contributed by atoms with Crippen molar-refractivity contribution in [1.29, 1.82) is 0 Å². The number of anilines is 1. The van der Waals surface area contributed by atoms with Crippen molar-refractivity contribution in [2.45, 2.75) is 32.2 Å². The second kappa shape index (κ2) is 6.89. The SMILES string of the molecule is FC1=CCCN(Cc2cc3ccccc3nc2N2CCCCC2)C1. The summed E-state index contributed by atoms with van der Waals surface area (Å²) in [5.74, 6) is 1.10. The van der Waals surface area contributed by atoms with E-state index in [9.17, 15) is 4.39 Å². The Morgan fingerprint density at radius 2 is 1.88 bits per heavy atom. The van der Waals surface area contributed by atoms with Gasteiger partial charge in [0.2, 0.25) is 0 Å². The second-order valence-corrected chi connectivity index (χ2v) is 6.86. The number of piperidine rings is 1. The zero-order valence-electron chi connectivity index (χ0n) is 14.0. The molecule has 1 aromatic carbocycles. The van der Waals surface area contributed by atoms with Gasteiger partial charge in [-0.05, 0) is 37.8 Å². The molecule has 0 saturated carbocycles. The van der Waals surface area contributed by atoms with Gasteiger partial charge in [0.1, 0.15) is 11.6 Å². The maximum atomic E-state index is 13.6. The molecule has 2 aliphatic heterocycles. The summed E-state index contributed by atoms with van der Waals surface area (Å²) in [6.45, 7) is 4.26. The first-order valence-corrected chi connectivity index (χ1v) is 9.00. The summed E-state index contributed by atoms with van der Waals surface area (Å²) in [5, 5.41) is 1.17. The Hall–Kier alpha value is -1.94. The van der Waals surface area contributed by atoms with Crippen LogP contribution in [0.5, 0.6) is 0 Å². The second-order valence-electron chi connectivity index (χ2n) is 6.86. The van der Waals surface area contributed by atoms with Gasteiger partial charge >= 0.3 is 0 Å². The summed E-state index contributed by atoms with van der Waals surface area (Å²) >= 11 is 0. The number of hydrogen-bond donors (Lipinski definition) is 0. The molecule has 0 atom stereocenters. The molecule has 3 nitrogen and oxygen atoms in total. The highest BCUT2D eigenvalue weighted by molar-refractivity contribution is 5.81. The minimum Gasteiger partial charge on any atom is -0.356 e. The van der Waals surface area contributed by atoms with E-state index >= 15 is 0 Å². The third-order valence-electron chi connectivity index (χ3n) is 5.02. The largest absolute Gasteiger partial charge is 0.356 e. The summed E-state index contributed by atoms with van der Waals surface area (Å²) < 4.78 is 13.6. The van der Waals surface area contributed by atoms with Crippen molar-refractivity contribution in [3.05, 3.63) is 47.8 Å². The smallest absolute Gasteiger partial charge is 0.133 e. The number of fused-ring (bicyclic) bond motifs is 1. The molecule has 0 N–H and O–H groups in total. The maximum Gasteiger partial charge on any atom is 0.133 e. The monoisotopic (exact) mass is 325 g/mol. The van der Waals surface area contributed by atoms with Crippen LogP contribution in [0.4, 0.5) is 10.2 Å². The Morgan fingerprint density at radius 1 is 1.04 bits per heavy atom. The van der Waals surface area contributed by atoms with Gasteiger partial charge in [0.25, 0.3) is 0 Å². The minimum atomic E-state index is -0.00507. The van der Waals surface area contributed by atoms with Crippen LogP contribution in [-0.2, 0) is 6.54 Å². The van der Waals surface area contributed by atoms with Crippen molar-refractivity contribution in [2.75, 3.05) is 31.1 Å². The van der Waals surface area contributed by atoms with E-state index in [1.165, 1.54) is 30.2 Å². The predicted molar refractivity (Wildman–Crippen MR) is 96.9 cm³/mol. The van der Waals surface area contributed by atoms with Gasteiger partial charge in [0.05, 0.1) is 12.1 Å². The molecular formula is C20H24FN3. The highest BCUT2D eigenvalue weighted by Crippen LogP contribution is 2.28. The number of para-hydroxylation sites is 1. The van der Waals surface area contributed by atoms with Crippen molar-refractivity contribution in [2.24, 2.45) is 0 Å². The van der Waals surface area contributed by atoms with Crippen LogP contribution in [0.2, 0.25) is 0 Å². The first-order valence-electron chi connectivity index (χ1n) is 9.00. The highest BCUT2D eigenvalue weighted by Gasteiger charge is 2.20. The number of aromatic nitrogens is 1. The lowest BCUT2D eigenvalue weighted by Gasteiger charge is -2.31. The molecule has 1 saturated heterocycles. The van der Waals surface area contributed by atoms with E-state index in [-0.39, 0.29) is 5.83 Å². The van der Waals surface area contributed by atoms with Crippen molar-refractivity contribution in [3.8, 4) is 0 Å². The number of pyridine rings is 1. The first-order chi connectivity index (χ1) is 11.8. The molecule has 4 heteroatoms. The van der Waals surface area contributed by atoms with Crippen LogP contribution in [0.3, 0.4) is 0 Å². The molecule has 126 valence electrons. The van der Waals surface area contributed by atoms with Crippen molar-refractivity contribution in [1.82, 2.24) is 9.88 Å². The zero-order valence-corrected chi connectivity index (χ0v) is 14.0. The topological polar surface area (TPSA) is 19.4 Å². The molecule has 0 amide bonds. The molecule has 3 heterocycles. The van der Waals surface area contributed by atoms with E-state index < -0.39 is 0 Å². The van der Waals surface area contributed by atoms with Gasteiger partial charge in [-0.25, -0.2) is 9.37 Å². The summed E-state index contributed by atoms with van der Waals surface area (Å²) in [6.07, 6.45) is 6.28. The third-order valence-corrected chi connectivity index (χ3v) is 5.02. The van der Waals surface area contributed by atoms with Crippen LogP contribution in [-0.4, -0.2) is 36.1 Å². The van der Waals surface area contributed by atoms with Crippen LogP contribution in [0.25, 0.3) is 10.9 Å². The van der Waals surface area contributed by atoms with Crippen LogP contribution in [0.1, 0.15) is 31.2 Å². The fraction of sp³-hybridized carbons (Fsp3) is 0.450. The van der Waals surface area contributed by atoms with Crippen LogP contribution in [0.15, 0.2) is 42.2 Å². The van der Waals surface area contributed by atoms with Crippen LogP contribution >= 0.6 is 0 Å². The van der Waals surface area contributed by atoms with Crippen LogP contribution < -0.4 is 4.90 Å². The molecular weight excluding hydrogens is 301 g/mol. The summed E-state index contributed by atoms with van der Waals surface area (Å²) in [5.41, 5.74) is 2.27. The molecule has 0 bridgehead atoms. The highest BCUT2D eigenvalue weighted by atomic mass is 19.1. The standard InChI is InChI=1S/C20H24FN3/c21-18-8-6-10-23(15-18)14-17-13-16-7-2-3-9-19(16)22-20(17)24-11-4-1-5-12-24/h2-3,7-9,13H,1,4-6,10-12,14-15H2. The first kappa shape index (κ1) is 15.6. The number of benzene rings is 1. The third kappa shape index (κ3) is 3.29. The molecule has 4 rings (SSSR count). The molecule has 2 aliphatic rings. The number of nitrogens with zero attached hydrogens (tertiary/aromatic N) is 3. The van der Waals surface area contributed by atoms with Gasteiger partial charge in [0, 0.05) is 37.1 Å². The number of rotatable bonds is 3. The quantitative estimate of drug-likeness (QED) is 0.839. The summed E-state index contributed by atoms with van der Waals surface area (Å²) in [7, 11) is 0. The van der Waals surface area contributed by atoms with Crippen molar-refractivity contribution >= 4 is 16.7 Å². The van der Waals surface area contributed by atoms with E-state index in [1.54, 1.807) is 6.08 Å². The van der Waals surface area contributed by atoms with Crippen LogP contribution in [0, 0.1) is 0 Å². The Kier molecular flexibility index (Phi) is 4.48. The molecule has 1 aromatic heterocycles. The Balaban J connectivity index is 1.69.